The molecule has 5 rings (SSSR count). The van der Waals surface area contributed by atoms with Crippen LogP contribution in [0.25, 0.3) is 33.2 Å². The van der Waals surface area contributed by atoms with Crippen LogP contribution in [0.15, 0.2) is 41.3 Å². The van der Waals surface area contributed by atoms with E-state index in [-0.39, 0.29) is 18.0 Å². The van der Waals surface area contributed by atoms with Gasteiger partial charge in [-0.2, -0.15) is 0 Å². The van der Waals surface area contributed by atoms with Crippen molar-refractivity contribution in [3.63, 3.8) is 0 Å². The number of carbonyl (C=O) groups is 1. The number of ether oxygens (including phenoxy) is 3. The zero-order valence-corrected chi connectivity index (χ0v) is 16.8. The summed E-state index contributed by atoms with van der Waals surface area (Å²) < 4.78 is 17.7. The number of fused-ring (bicyclic) bond motifs is 3. The Bertz CT molecular complexity index is 1390. The van der Waals surface area contributed by atoms with Crippen molar-refractivity contribution in [2.45, 2.75) is 13.0 Å². The Morgan fingerprint density at radius 2 is 2.06 bits per heavy atom. The Hall–Kier alpha value is -3.85. The molecule has 9 heteroatoms. The molecule has 2 aromatic carbocycles. The van der Waals surface area contributed by atoms with Crippen molar-refractivity contribution >= 4 is 27.9 Å². The van der Waals surface area contributed by atoms with Gasteiger partial charge >= 0.3 is 5.97 Å². The van der Waals surface area contributed by atoms with Gasteiger partial charge in [0, 0.05) is 41.3 Å². The maximum atomic E-state index is 13.0. The Morgan fingerprint density at radius 1 is 1.26 bits per heavy atom. The topological polar surface area (TPSA) is 121 Å². The van der Waals surface area contributed by atoms with Gasteiger partial charge in [-0.25, -0.2) is 9.78 Å². The number of aromatic amines is 1. The molecule has 31 heavy (non-hydrogen) atoms. The third-order valence-electron chi connectivity index (χ3n) is 5.35. The summed E-state index contributed by atoms with van der Waals surface area (Å²) in [4.78, 5) is 32.5. The third-order valence-corrected chi connectivity index (χ3v) is 5.35. The molecular formula is C22H20N4O5. The van der Waals surface area contributed by atoms with Crippen LogP contribution in [0.1, 0.15) is 16.8 Å². The fourth-order valence-corrected chi connectivity index (χ4v) is 3.84. The summed E-state index contributed by atoms with van der Waals surface area (Å²) in [5.41, 5.74) is 8.63. The number of esters is 1. The molecular weight excluding hydrogens is 400 g/mol. The van der Waals surface area contributed by atoms with Crippen LogP contribution in [0.4, 0.5) is 0 Å². The van der Waals surface area contributed by atoms with E-state index in [2.05, 4.69) is 9.97 Å². The zero-order chi connectivity index (χ0) is 21.5. The molecule has 0 saturated heterocycles. The van der Waals surface area contributed by atoms with Gasteiger partial charge in [-0.15, -0.1) is 0 Å². The highest BCUT2D eigenvalue weighted by atomic mass is 16.7. The minimum Gasteiger partial charge on any atom is -0.465 e. The number of hydrogen-bond acceptors (Lipinski definition) is 7. The maximum absolute atomic E-state index is 13.0. The maximum Gasteiger partial charge on any atom is 0.337 e. The Morgan fingerprint density at radius 3 is 2.84 bits per heavy atom. The van der Waals surface area contributed by atoms with Crippen LogP contribution in [0.2, 0.25) is 0 Å². The van der Waals surface area contributed by atoms with E-state index in [4.69, 9.17) is 19.9 Å². The fraction of sp³-hybridized carbons (Fsp3) is 0.227. The summed E-state index contributed by atoms with van der Waals surface area (Å²) >= 11 is 0. The van der Waals surface area contributed by atoms with Crippen molar-refractivity contribution in [1.82, 2.24) is 14.5 Å². The van der Waals surface area contributed by atoms with E-state index in [0.717, 1.165) is 17.3 Å². The van der Waals surface area contributed by atoms with Crippen molar-refractivity contribution in [2.75, 3.05) is 20.4 Å². The van der Waals surface area contributed by atoms with Gasteiger partial charge < -0.3 is 29.5 Å². The SMILES string of the molecule is COC(=O)c1ccc2c(c1)c(-c1nc3cc4c(cc3[nH]c1=O)OCO4)cn2CCCN. The van der Waals surface area contributed by atoms with E-state index in [1.165, 1.54) is 7.11 Å². The number of carbonyl (C=O) groups excluding carboxylic acids is 1. The van der Waals surface area contributed by atoms with Crippen molar-refractivity contribution < 1.29 is 19.0 Å². The lowest BCUT2D eigenvalue weighted by Gasteiger charge is -2.05. The number of methoxy groups -OCH3 is 1. The van der Waals surface area contributed by atoms with Crippen LogP contribution in [0, 0.1) is 0 Å². The van der Waals surface area contributed by atoms with E-state index >= 15 is 0 Å². The molecule has 1 aliphatic heterocycles. The molecule has 2 aromatic heterocycles. The highest BCUT2D eigenvalue weighted by Gasteiger charge is 2.20. The summed E-state index contributed by atoms with van der Waals surface area (Å²) in [7, 11) is 1.33. The van der Waals surface area contributed by atoms with E-state index in [1.807, 2.05) is 16.8 Å². The van der Waals surface area contributed by atoms with Crippen molar-refractivity contribution in [1.29, 1.82) is 0 Å². The van der Waals surface area contributed by atoms with E-state index in [0.29, 0.717) is 46.7 Å². The van der Waals surface area contributed by atoms with E-state index in [1.54, 1.807) is 24.3 Å². The van der Waals surface area contributed by atoms with Crippen LogP contribution in [-0.4, -0.2) is 41.0 Å². The Kier molecular flexibility index (Phi) is 4.59. The molecule has 0 bridgehead atoms. The van der Waals surface area contributed by atoms with Gasteiger partial charge in [0.15, 0.2) is 11.5 Å². The van der Waals surface area contributed by atoms with E-state index in [9.17, 15) is 9.59 Å². The molecule has 9 nitrogen and oxygen atoms in total. The first-order chi connectivity index (χ1) is 15.1. The Labute approximate surface area is 176 Å². The molecule has 1 aliphatic rings. The number of hydrogen-bond donors (Lipinski definition) is 2. The average molecular weight is 420 g/mol. The van der Waals surface area contributed by atoms with Crippen LogP contribution < -0.4 is 20.8 Å². The quantitative estimate of drug-likeness (QED) is 0.476. The zero-order valence-electron chi connectivity index (χ0n) is 16.8. The summed E-state index contributed by atoms with van der Waals surface area (Å²) in [6, 6.07) is 8.71. The molecule has 0 aliphatic carbocycles. The minimum atomic E-state index is -0.448. The predicted octanol–water partition coefficient (Wildman–Crippen LogP) is 2.41. The number of nitrogens with zero attached hydrogens (tertiary/aromatic N) is 2. The second-order valence-electron chi connectivity index (χ2n) is 7.24. The highest BCUT2D eigenvalue weighted by molar-refractivity contribution is 6.01. The smallest absolute Gasteiger partial charge is 0.337 e. The van der Waals surface area contributed by atoms with Crippen molar-refractivity contribution in [3.05, 3.63) is 52.4 Å². The molecule has 0 fully saturated rings. The predicted molar refractivity (Wildman–Crippen MR) is 114 cm³/mol. The molecule has 0 amide bonds. The molecule has 0 spiro atoms. The number of nitrogens with two attached hydrogens (primary N) is 1. The second-order valence-corrected chi connectivity index (χ2v) is 7.24. The molecule has 158 valence electrons. The first kappa shape index (κ1) is 19.1. The lowest BCUT2D eigenvalue weighted by Crippen LogP contribution is -2.11. The van der Waals surface area contributed by atoms with Gasteiger partial charge in [0.05, 0.1) is 23.7 Å². The molecule has 3 heterocycles. The monoisotopic (exact) mass is 420 g/mol. The molecule has 0 saturated carbocycles. The first-order valence-electron chi connectivity index (χ1n) is 9.84. The number of rotatable bonds is 5. The molecule has 3 N–H and O–H groups in total. The summed E-state index contributed by atoms with van der Waals surface area (Å²) in [6.07, 6.45) is 2.64. The lowest BCUT2D eigenvalue weighted by molar-refractivity contribution is 0.0601. The van der Waals surface area contributed by atoms with Gasteiger partial charge in [0.2, 0.25) is 6.79 Å². The highest BCUT2D eigenvalue weighted by Crippen LogP contribution is 2.36. The second kappa shape index (κ2) is 7.44. The normalized spacial score (nSPS) is 12.6. The average Bonchev–Trinajstić information content (AvgIpc) is 3.38. The summed E-state index contributed by atoms with van der Waals surface area (Å²) in [6.45, 7) is 1.35. The first-order valence-corrected chi connectivity index (χ1v) is 9.84. The molecule has 0 atom stereocenters. The van der Waals surface area contributed by atoms with Crippen molar-refractivity contribution in [2.24, 2.45) is 5.73 Å². The summed E-state index contributed by atoms with van der Waals surface area (Å²) in [5, 5.41) is 0.734. The molecule has 4 aromatic rings. The number of nitrogens with one attached hydrogen (secondary N) is 1. The van der Waals surface area contributed by atoms with Crippen molar-refractivity contribution in [3.8, 4) is 22.8 Å². The van der Waals surface area contributed by atoms with Gasteiger partial charge in [0.1, 0.15) is 5.69 Å². The minimum absolute atomic E-state index is 0.133. The van der Waals surface area contributed by atoms with Gasteiger partial charge in [-0.3, -0.25) is 4.79 Å². The van der Waals surface area contributed by atoms with E-state index < -0.39 is 5.97 Å². The molecule has 0 radical (unpaired) electrons. The Balaban J connectivity index is 1.73. The standard InChI is InChI=1S/C22H20N4O5/c1-29-22(28)12-3-4-17-13(7-12)14(10-26(17)6-2-5-23)20-21(27)25-16-9-19-18(30-11-31-19)8-15(16)24-20/h3-4,7-10H,2,5-6,11,23H2,1H3,(H,25,27). The number of benzene rings is 2. The lowest BCUT2D eigenvalue weighted by atomic mass is 10.1. The van der Waals surface area contributed by atoms with Gasteiger partial charge in [0.25, 0.3) is 5.56 Å². The van der Waals surface area contributed by atoms with Crippen LogP contribution in [-0.2, 0) is 11.3 Å². The van der Waals surface area contributed by atoms with Crippen LogP contribution in [0.5, 0.6) is 11.5 Å². The third kappa shape index (κ3) is 3.19. The number of H-pyrrole nitrogens is 1. The van der Waals surface area contributed by atoms with Crippen LogP contribution >= 0.6 is 0 Å². The molecule has 0 unspecified atom stereocenters. The van der Waals surface area contributed by atoms with Crippen LogP contribution in [0.3, 0.4) is 0 Å². The fourth-order valence-electron chi connectivity index (χ4n) is 3.84. The van der Waals surface area contributed by atoms with Gasteiger partial charge in [-0.1, -0.05) is 0 Å². The number of aryl methyl sites for hydroxylation is 1. The largest absolute Gasteiger partial charge is 0.465 e. The number of aromatic nitrogens is 3. The van der Waals surface area contributed by atoms with Gasteiger partial charge in [-0.05, 0) is 31.2 Å². The summed E-state index contributed by atoms with van der Waals surface area (Å²) in [5.74, 6) is 0.700.